The molecule has 1 aliphatic rings. The molecule has 2 aromatic carbocycles. The van der Waals surface area contributed by atoms with E-state index in [9.17, 15) is 14.4 Å². The number of carbonyl (C=O) groups excluding carboxylic acids is 3. The highest BCUT2D eigenvalue weighted by Gasteiger charge is 2.35. The lowest BCUT2D eigenvalue weighted by molar-refractivity contribution is -0.120. The zero-order valence-electron chi connectivity index (χ0n) is 18.3. The molecule has 1 unspecified atom stereocenters. The van der Waals surface area contributed by atoms with Gasteiger partial charge in [0.05, 0.1) is 17.6 Å². The second kappa shape index (κ2) is 10.2. The maximum Gasteiger partial charge on any atom is 0.255 e. The Hall–Kier alpha value is -3.17. The van der Waals surface area contributed by atoms with Crippen LogP contribution >= 0.6 is 23.1 Å². The second-order valence-corrected chi connectivity index (χ2v) is 9.59. The van der Waals surface area contributed by atoms with Crippen LogP contribution in [0.15, 0.2) is 60.0 Å². The first kappa shape index (κ1) is 23.0. The van der Waals surface area contributed by atoms with Crippen molar-refractivity contribution in [1.29, 1.82) is 0 Å². The summed E-state index contributed by atoms with van der Waals surface area (Å²) in [6, 6.07) is 16.2. The molecule has 3 aromatic rings. The summed E-state index contributed by atoms with van der Waals surface area (Å²) in [5.74, 6) is 0.587. The summed E-state index contributed by atoms with van der Waals surface area (Å²) in [6.07, 6.45) is 0. The molecule has 0 radical (unpaired) electrons. The third-order valence-electron chi connectivity index (χ3n) is 5.33. The van der Waals surface area contributed by atoms with E-state index in [4.69, 9.17) is 0 Å². The van der Waals surface area contributed by atoms with E-state index in [1.165, 1.54) is 18.3 Å². The normalized spacial score (nSPS) is 16.3. The van der Waals surface area contributed by atoms with Crippen molar-refractivity contribution in [2.45, 2.75) is 25.9 Å². The number of thioether (sulfide) groups is 1. The molecule has 3 amide bonds. The highest BCUT2D eigenvalue weighted by molar-refractivity contribution is 7.99. The summed E-state index contributed by atoms with van der Waals surface area (Å²) in [4.78, 5) is 43.2. The molecule has 0 aliphatic carbocycles. The third-order valence-corrected chi connectivity index (χ3v) is 7.10. The summed E-state index contributed by atoms with van der Waals surface area (Å²) < 4.78 is 0. The SMILES string of the molecule is CC(=O)NC(C)c1ccc(-c2csc(NC(=O)[C@@H]3CSCN3C(=O)c3ccccc3)n2)cc1. The lowest BCUT2D eigenvalue weighted by Crippen LogP contribution is -2.44. The number of hydrogen-bond acceptors (Lipinski definition) is 6. The van der Waals surface area contributed by atoms with Gasteiger partial charge in [-0.3, -0.25) is 14.4 Å². The first-order chi connectivity index (χ1) is 15.9. The quantitative estimate of drug-likeness (QED) is 0.553. The van der Waals surface area contributed by atoms with E-state index in [1.807, 2.05) is 54.8 Å². The molecule has 1 saturated heterocycles. The van der Waals surface area contributed by atoms with Gasteiger partial charge in [-0.05, 0) is 24.6 Å². The topological polar surface area (TPSA) is 91.4 Å². The number of carbonyl (C=O) groups is 3. The Balaban J connectivity index is 1.41. The molecule has 2 atom stereocenters. The first-order valence-corrected chi connectivity index (χ1v) is 12.5. The van der Waals surface area contributed by atoms with Crippen LogP contribution in [0.4, 0.5) is 5.13 Å². The Morgan fingerprint density at radius 3 is 2.52 bits per heavy atom. The fraction of sp³-hybridized carbons (Fsp3) is 0.250. The van der Waals surface area contributed by atoms with Crippen LogP contribution in [-0.4, -0.2) is 45.3 Å². The molecule has 0 saturated carbocycles. The highest BCUT2D eigenvalue weighted by atomic mass is 32.2. The van der Waals surface area contributed by atoms with Gasteiger partial charge < -0.3 is 15.5 Å². The molecule has 0 spiro atoms. The number of aromatic nitrogens is 1. The molecule has 1 aromatic heterocycles. The fourth-order valence-electron chi connectivity index (χ4n) is 3.59. The van der Waals surface area contributed by atoms with Crippen LogP contribution in [0.3, 0.4) is 0 Å². The standard InChI is InChI=1S/C24H24N4O3S2/c1-15(25-16(2)29)17-8-10-18(11-9-17)20-12-33-24(26-20)27-22(30)21-13-32-14-28(21)23(31)19-6-4-3-5-7-19/h3-12,15,21H,13-14H2,1-2H3,(H,25,29)(H,26,27,30)/t15?,21-/m0/s1. The Bertz CT molecular complexity index is 1150. The zero-order chi connectivity index (χ0) is 23.4. The average molecular weight is 481 g/mol. The number of amides is 3. The molecule has 33 heavy (non-hydrogen) atoms. The molecule has 7 nitrogen and oxygen atoms in total. The van der Waals surface area contributed by atoms with Crippen molar-refractivity contribution >= 4 is 46.0 Å². The van der Waals surface area contributed by atoms with Crippen molar-refractivity contribution < 1.29 is 14.4 Å². The monoisotopic (exact) mass is 480 g/mol. The maximum absolute atomic E-state index is 12.9. The minimum Gasteiger partial charge on any atom is -0.350 e. The Morgan fingerprint density at radius 2 is 1.82 bits per heavy atom. The van der Waals surface area contributed by atoms with Gasteiger partial charge in [-0.1, -0.05) is 42.5 Å². The van der Waals surface area contributed by atoms with Crippen LogP contribution in [0.2, 0.25) is 0 Å². The number of rotatable bonds is 6. The summed E-state index contributed by atoms with van der Waals surface area (Å²) in [7, 11) is 0. The fourth-order valence-corrected chi connectivity index (χ4v) is 5.47. The number of thiazole rings is 1. The van der Waals surface area contributed by atoms with Crippen LogP contribution in [-0.2, 0) is 9.59 Å². The van der Waals surface area contributed by atoms with Gasteiger partial charge in [0.2, 0.25) is 11.8 Å². The van der Waals surface area contributed by atoms with Crippen molar-refractivity contribution in [2.24, 2.45) is 0 Å². The molecule has 4 rings (SSSR count). The van der Waals surface area contributed by atoms with Crippen molar-refractivity contribution in [3.05, 3.63) is 71.1 Å². The van der Waals surface area contributed by atoms with E-state index in [2.05, 4.69) is 15.6 Å². The van der Waals surface area contributed by atoms with Gasteiger partial charge >= 0.3 is 0 Å². The van der Waals surface area contributed by atoms with Crippen LogP contribution in [0, 0.1) is 0 Å². The van der Waals surface area contributed by atoms with E-state index < -0.39 is 6.04 Å². The number of anilines is 1. The summed E-state index contributed by atoms with van der Waals surface area (Å²) in [5, 5.41) is 8.12. The van der Waals surface area contributed by atoms with Crippen LogP contribution in [0.1, 0.15) is 35.8 Å². The minimum absolute atomic E-state index is 0.0730. The van der Waals surface area contributed by atoms with Gasteiger partial charge in [0, 0.05) is 29.2 Å². The number of nitrogens with one attached hydrogen (secondary N) is 2. The van der Waals surface area contributed by atoms with Gasteiger partial charge in [-0.15, -0.1) is 23.1 Å². The van der Waals surface area contributed by atoms with E-state index >= 15 is 0 Å². The van der Waals surface area contributed by atoms with Gasteiger partial charge in [0.15, 0.2) is 5.13 Å². The average Bonchev–Trinajstić information content (AvgIpc) is 3.49. The Morgan fingerprint density at radius 1 is 1.09 bits per heavy atom. The molecule has 0 bridgehead atoms. The van der Waals surface area contributed by atoms with Crippen LogP contribution in [0.25, 0.3) is 11.3 Å². The predicted molar refractivity (Wildman–Crippen MR) is 132 cm³/mol. The molecule has 1 fully saturated rings. The smallest absolute Gasteiger partial charge is 0.255 e. The van der Waals surface area contributed by atoms with Gasteiger partial charge in [-0.25, -0.2) is 4.98 Å². The molecule has 2 N–H and O–H groups in total. The zero-order valence-corrected chi connectivity index (χ0v) is 19.9. The summed E-state index contributed by atoms with van der Waals surface area (Å²) >= 11 is 2.91. The summed E-state index contributed by atoms with van der Waals surface area (Å²) in [5.41, 5.74) is 3.25. The molecule has 170 valence electrons. The molecule has 9 heteroatoms. The molecule has 2 heterocycles. The minimum atomic E-state index is -0.537. The van der Waals surface area contributed by atoms with E-state index in [1.54, 1.807) is 28.8 Å². The Kier molecular flexibility index (Phi) is 7.10. The lowest BCUT2D eigenvalue weighted by Gasteiger charge is -2.22. The van der Waals surface area contributed by atoms with Crippen LogP contribution < -0.4 is 10.6 Å². The molecular weight excluding hydrogens is 456 g/mol. The van der Waals surface area contributed by atoms with Crippen molar-refractivity contribution in [3.8, 4) is 11.3 Å². The van der Waals surface area contributed by atoms with Crippen molar-refractivity contribution in [2.75, 3.05) is 16.9 Å². The molecular formula is C24H24N4O3S2. The van der Waals surface area contributed by atoms with Crippen LogP contribution in [0.5, 0.6) is 0 Å². The van der Waals surface area contributed by atoms with Gasteiger partial charge in [0.25, 0.3) is 5.91 Å². The predicted octanol–water partition coefficient (Wildman–Crippen LogP) is 4.16. The van der Waals surface area contributed by atoms with Crippen molar-refractivity contribution in [1.82, 2.24) is 15.2 Å². The second-order valence-electron chi connectivity index (χ2n) is 7.73. The van der Waals surface area contributed by atoms with Gasteiger partial charge in [-0.2, -0.15) is 0 Å². The number of benzene rings is 2. The van der Waals surface area contributed by atoms with E-state index in [0.29, 0.717) is 22.3 Å². The maximum atomic E-state index is 12.9. The summed E-state index contributed by atoms with van der Waals surface area (Å²) in [6.45, 7) is 3.43. The van der Waals surface area contributed by atoms with E-state index in [-0.39, 0.29) is 23.8 Å². The van der Waals surface area contributed by atoms with Gasteiger partial charge in [0.1, 0.15) is 6.04 Å². The highest BCUT2D eigenvalue weighted by Crippen LogP contribution is 2.28. The largest absolute Gasteiger partial charge is 0.350 e. The number of nitrogens with zero attached hydrogens (tertiary/aromatic N) is 2. The third kappa shape index (κ3) is 5.43. The number of hydrogen-bond donors (Lipinski definition) is 2. The molecule has 1 aliphatic heterocycles. The lowest BCUT2D eigenvalue weighted by atomic mass is 10.1. The first-order valence-electron chi connectivity index (χ1n) is 10.5. The van der Waals surface area contributed by atoms with Crippen molar-refractivity contribution in [3.63, 3.8) is 0 Å². The van der Waals surface area contributed by atoms with E-state index in [0.717, 1.165) is 16.8 Å². The Labute approximate surface area is 200 Å².